The maximum absolute atomic E-state index is 9.55. The second-order valence-corrected chi connectivity index (χ2v) is 4.95. The van der Waals surface area contributed by atoms with Gasteiger partial charge in [0.2, 0.25) is 0 Å². The molecular formula is C11H16BrNO3. The molecule has 1 aromatic carbocycles. The van der Waals surface area contributed by atoms with Gasteiger partial charge in [0.1, 0.15) is 5.75 Å². The summed E-state index contributed by atoms with van der Waals surface area (Å²) in [5, 5.41) is 30.9. The van der Waals surface area contributed by atoms with E-state index in [1.807, 2.05) is 0 Å². The maximum Gasteiger partial charge on any atom is 0.120 e. The van der Waals surface area contributed by atoms with E-state index in [-0.39, 0.29) is 18.9 Å². The zero-order valence-electron chi connectivity index (χ0n) is 9.07. The lowest BCUT2D eigenvalue weighted by Crippen LogP contribution is -2.40. The van der Waals surface area contributed by atoms with E-state index in [1.54, 1.807) is 25.1 Å². The summed E-state index contributed by atoms with van der Waals surface area (Å²) in [5.74, 6) is 0.208. The molecule has 1 atom stereocenters. The third kappa shape index (κ3) is 4.09. The Morgan fingerprint density at radius 2 is 2.12 bits per heavy atom. The van der Waals surface area contributed by atoms with E-state index >= 15 is 0 Å². The van der Waals surface area contributed by atoms with Gasteiger partial charge in [-0.05, 0) is 25.1 Å². The van der Waals surface area contributed by atoms with Crippen molar-refractivity contribution >= 4 is 15.9 Å². The van der Waals surface area contributed by atoms with Gasteiger partial charge in [-0.3, -0.25) is 0 Å². The number of phenols is 1. The summed E-state index contributed by atoms with van der Waals surface area (Å²) in [6, 6.07) is 5.16. The number of aliphatic hydroxyl groups excluding tert-OH is 1. The zero-order valence-corrected chi connectivity index (χ0v) is 10.7. The summed E-state index contributed by atoms with van der Waals surface area (Å²) in [7, 11) is 0. The Hall–Kier alpha value is -0.620. The Labute approximate surface area is 103 Å². The Morgan fingerprint density at radius 1 is 1.44 bits per heavy atom. The number of hydrogen-bond donors (Lipinski definition) is 4. The third-order valence-electron chi connectivity index (χ3n) is 2.20. The van der Waals surface area contributed by atoms with Crippen LogP contribution in [0.15, 0.2) is 22.7 Å². The van der Waals surface area contributed by atoms with Gasteiger partial charge in [0, 0.05) is 23.1 Å². The van der Waals surface area contributed by atoms with Crippen molar-refractivity contribution in [3.8, 4) is 5.75 Å². The fourth-order valence-corrected chi connectivity index (χ4v) is 1.63. The van der Waals surface area contributed by atoms with Crippen LogP contribution < -0.4 is 5.32 Å². The first-order valence-corrected chi connectivity index (χ1v) is 5.75. The van der Waals surface area contributed by atoms with Gasteiger partial charge in [-0.2, -0.15) is 0 Å². The smallest absolute Gasteiger partial charge is 0.120 e. The predicted molar refractivity (Wildman–Crippen MR) is 65.2 cm³/mol. The van der Waals surface area contributed by atoms with Gasteiger partial charge >= 0.3 is 0 Å². The number of aliphatic hydroxyl groups is 2. The molecule has 0 aliphatic rings. The number of aromatic hydroxyl groups is 1. The molecule has 0 fully saturated rings. The largest absolute Gasteiger partial charge is 0.508 e. The molecule has 90 valence electrons. The van der Waals surface area contributed by atoms with E-state index in [1.165, 1.54) is 0 Å². The molecule has 0 saturated carbocycles. The van der Waals surface area contributed by atoms with Crippen LogP contribution in [-0.2, 0) is 6.54 Å². The molecule has 0 spiro atoms. The first-order valence-electron chi connectivity index (χ1n) is 4.96. The number of benzene rings is 1. The molecule has 0 saturated heterocycles. The highest BCUT2D eigenvalue weighted by molar-refractivity contribution is 9.10. The van der Waals surface area contributed by atoms with Crippen LogP contribution in [0.4, 0.5) is 0 Å². The fourth-order valence-electron chi connectivity index (χ4n) is 1.22. The lowest BCUT2D eigenvalue weighted by atomic mass is 10.1. The van der Waals surface area contributed by atoms with Crippen molar-refractivity contribution in [1.82, 2.24) is 5.32 Å². The maximum atomic E-state index is 9.55. The fraction of sp³-hybridized carbons (Fsp3) is 0.455. The number of nitrogens with one attached hydrogen (secondary N) is 1. The van der Waals surface area contributed by atoms with Gasteiger partial charge < -0.3 is 20.6 Å². The molecule has 0 bridgehead atoms. The minimum absolute atomic E-state index is 0.208. The van der Waals surface area contributed by atoms with Crippen molar-refractivity contribution in [3.05, 3.63) is 28.2 Å². The van der Waals surface area contributed by atoms with Crippen molar-refractivity contribution < 1.29 is 15.3 Å². The van der Waals surface area contributed by atoms with Crippen LogP contribution in [-0.4, -0.2) is 34.1 Å². The van der Waals surface area contributed by atoms with Crippen LogP contribution in [0.3, 0.4) is 0 Å². The Balaban J connectivity index is 2.52. The quantitative estimate of drug-likeness (QED) is 0.652. The summed E-state index contributed by atoms with van der Waals surface area (Å²) >= 11 is 3.31. The van der Waals surface area contributed by atoms with Crippen molar-refractivity contribution in [3.63, 3.8) is 0 Å². The molecule has 0 radical (unpaired) electrons. The summed E-state index contributed by atoms with van der Waals surface area (Å²) in [6.45, 7) is 1.93. The van der Waals surface area contributed by atoms with E-state index in [0.717, 1.165) is 10.0 Å². The van der Waals surface area contributed by atoms with E-state index in [2.05, 4.69) is 21.2 Å². The van der Waals surface area contributed by atoms with E-state index < -0.39 is 5.60 Å². The van der Waals surface area contributed by atoms with Crippen molar-refractivity contribution in [2.75, 3.05) is 13.2 Å². The summed E-state index contributed by atoms with van der Waals surface area (Å²) in [5.41, 5.74) is -0.398. The molecule has 16 heavy (non-hydrogen) atoms. The predicted octanol–water partition coefficient (Wildman–Crippen LogP) is 0.988. The van der Waals surface area contributed by atoms with Crippen LogP contribution in [0.5, 0.6) is 5.75 Å². The Kier molecular flexibility index (Phi) is 4.73. The second-order valence-electron chi connectivity index (χ2n) is 4.03. The molecule has 0 amide bonds. The second kappa shape index (κ2) is 5.63. The molecule has 0 aliphatic carbocycles. The Bertz CT molecular complexity index is 355. The van der Waals surface area contributed by atoms with Crippen molar-refractivity contribution in [2.24, 2.45) is 0 Å². The molecule has 4 nitrogen and oxygen atoms in total. The molecule has 1 unspecified atom stereocenters. The lowest BCUT2D eigenvalue weighted by molar-refractivity contribution is 0.00250. The third-order valence-corrected chi connectivity index (χ3v) is 2.70. The van der Waals surface area contributed by atoms with Crippen LogP contribution in [0.1, 0.15) is 12.5 Å². The summed E-state index contributed by atoms with van der Waals surface area (Å²) in [6.07, 6.45) is 0. The first-order chi connectivity index (χ1) is 7.44. The highest BCUT2D eigenvalue weighted by Crippen LogP contribution is 2.21. The number of phenolic OH excluding ortho intramolecular Hbond substituents is 1. The number of rotatable bonds is 5. The molecule has 0 aliphatic heterocycles. The molecular weight excluding hydrogens is 274 g/mol. The van der Waals surface area contributed by atoms with Gasteiger partial charge in [-0.15, -0.1) is 0 Å². The van der Waals surface area contributed by atoms with Gasteiger partial charge in [0.15, 0.2) is 0 Å². The molecule has 0 aromatic heterocycles. The van der Waals surface area contributed by atoms with Gasteiger partial charge in [0.05, 0.1) is 12.2 Å². The molecule has 1 aromatic rings. The van der Waals surface area contributed by atoms with E-state index in [4.69, 9.17) is 5.11 Å². The highest BCUT2D eigenvalue weighted by atomic mass is 79.9. The molecule has 0 heterocycles. The van der Waals surface area contributed by atoms with Crippen LogP contribution >= 0.6 is 15.9 Å². The average molecular weight is 290 g/mol. The SMILES string of the molecule is CC(O)(CO)CNCc1cc(Br)ccc1O. The topological polar surface area (TPSA) is 72.7 Å². The van der Waals surface area contributed by atoms with Crippen LogP contribution in [0.25, 0.3) is 0 Å². The van der Waals surface area contributed by atoms with Gasteiger partial charge in [-0.1, -0.05) is 15.9 Å². The Morgan fingerprint density at radius 3 is 2.75 bits per heavy atom. The molecule has 4 N–H and O–H groups in total. The minimum atomic E-state index is -1.14. The zero-order chi connectivity index (χ0) is 12.2. The van der Waals surface area contributed by atoms with Crippen LogP contribution in [0.2, 0.25) is 0 Å². The number of hydrogen-bond acceptors (Lipinski definition) is 4. The summed E-state index contributed by atoms with van der Waals surface area (Å²) < 4.78 is 0.885. The monoisotopic (exact) mass is 289 g/mol. The minimum Gasteiger partial charge on any atom is -0.508 e. The van der Waals surface area contributed by atoms with Gasteiger partial charge in [0.25, 0.3) is 0 Å². The highest BCUT2D eigenvalue weighted by Gasteiger charge is 2.18. The standard InChI is InChI=1S/C11H16BrNO3/c1-11(16,7-14)6-13-5-8-4-9(12)2-3-10(8)15/h2-4,13-16H,5-7H2,1H3. The van der Waals surface area contributed by atoms with Crippen molar-refractivity contribution in [1.29, 1.82) is 0 Å². The summed E-state index contributed by atoms with van der Waals surface area (Å²) in [4.78, 5) is 0. The normalized spacial score (nSPS) is 14.8. The molecule has 5 heteroatoms. The number of halogens is 1. The van der Waals surface area contributed by atoms with Crippen molar-refractivity contribution in [2.45, 2.75) is 19.1 Å². The average Bonchev–Trinajstić information content (AvgIpc) is 2.23. The van der Waals surface area contributed by atoms with E-state index in [0.29, 0.717) is 6.54 Å². The van der Waals surface area contributed by atoms with E-state index in [9.17, 15) is 10.2 Å². The molecule has 1 rings (SSSR count). The lowest BCUT2D eigenvalue weighted by Gasteiger charge is -2.20. The first kappa shape index (κ1) is 13.4. The van der Waals surface area contributed by atoms with Crippen LogP contribution in [0, 0.1) is 0 Å². The van der Waals surface area contributed by atoms with Gasteiger partial charge in [-0.25, -0.2) is 0 Å².